The second kappa shape index (κ2) is 5.25. The summed E-state index contributed by atoms with van der Waals surface area (Å²) in [5.74, 6) is -2.28. The third kappa shape index (κ3) is 2.38. The van der Waals surface area contributed by atoms with Gasteiger partial charge < -0.3 is 10.2 Å². The van der Waals surface area contributed by atoms with Crippen molar-refractivity contribution in [1.82, 2.24) is 0 Å². The quantitative estimate of drug-likeness (QED) is 0.893. The van der Waals surface area contributed by atoms with Crippen LogP contribution in [-0.2, 0) is 9.59 Å². The number of carbonyl (C=O) groups excluding carboxylic acids is 1. The molecule has 0 bridgehead atoms. The molecule has 1 saturated carbocycles. The van der Waals surface area contributed by atoms with Gasteiger partial charge in [-0.3, -0.25) is 4.79 Å². The van der Waals surface area contributed by atoms with Gasteiger partial charge in [-0.15, -0.1) is 0 Å². The third-order valence-electron chi connectivity index (χ3n) is 4.48. The number of aliphatic carboxylic acids is 1. The average molecular weight is 318 g/mol. The maximum Gasteiger partial charge on any atom is 0.333 e. The molecule has 2 N–H and O–H groups in total. The number of Topliss-reactive ketones (excluding diaryl/α,β-unsaturated/α-hetero) is 1. The molecular weight excluding hydrogens is 300 g/mol. The Morgan fingerprint density at radius 1 is 1.27 bits per heavy atom. The van der Waals surface area contributed by atoms with E-state index < -0.39 is 23.4 Å². The standard InChI is InChI=1S/C17H18O4S/c1-17(2,21)14-10-8-11(22-9-6-4-3-5-7-9)13(16(19)20)12(10)15(14)18/h3-7,10,12,14,21H,8H2,1-2H3,(H,19,20). The molecule has 0 radical (unpaired) electrons. The number of hydrogen-bond acceptors (Lipinski definition) is 4. The van der Waals surface area contributed by atoms with Crippen LogP contribution in [0.15, 0.2) is 45.7 Å². The first-order chi connectivity index (χ1) is 10.3. The molecule has 3 atom stereocenters. The number of fused-ring (bicyclic) bond motifs is 1. The summed E-state index contributed by atoms with van der Waals surface area (Å²) in [5, 5.41) is 19.7. The Morgan fingerprint density at radius 2 is 1.91 bits per heavy atom. The van der Waals surface area contributed by atoms with Crippen LogP contribution in [0, 0.1) is 17.8 Å². The van der Waals surface area contributed by atoms with Gasteiger partial charge in [0.05, 0.1) is 23.0 Å². The molecule has 0 saturated heterocycles. The van der Waals surface area contributed by atoms with E-state index in [9.17, 15) is 19.8 Å². The van der Waals surface area contributed by atoms with E-state index >= 15 is 0 Å². The van der Waals surface area contributed by atoms with Gasteiger partial charge in [0, 0.05) is 9.80 Å². The zero-order valence-corrected chi connectivity index (χ0v) is 13.3. The molecule has 5 heteroatoms. The molecule has 1 aromatic rings. The Kier molecular flexibility index (Phi) is 3.65. The normalized spacial score (nSPS) is 27.6. The molecule has 116 valence electrons. The number of ketones is 1. The fourth-order valence-corrected chi connectivity index (χ4v) is 4.81. The minimum Gasteiger partial charge on any atom is -0.478 e. The number of carboxylic acids is 1. The van der Waals surface area contributed by atoms with Crippen LogP contribution in [0.3, 0.4) is 0 Å². The van der Waals surface area contributed by atoms with Crippen LogP contribution < -0.4 is 0 Å². The van der Waals surface area contributed by atoms with Gasteiger partial charge in [0.25, 0.3) is 0 Å². The number of thioether (sulfide) groups is 1. The Labute approximate surface area is 133 Å². The van der Waals surface area contributed by atoms with E-state index in [1.54, 1.807) is 13.8 Å². The van der Waals surface area contributed by atoms with Gasteiger partial charge in [-0.05, 0) is 38.3 Å². The van der Waals surface area contributed by atoms with Crippen molar-refractivity contribution in [2.75, 3.05) is 0 Å². The average Bonchev–Trinajstić information content (AvgIpc) is 2.72. The van der Waals surface area contributed by atoms with E-state index in [1.165, 1.54) is 11.8 Å². The van der Waals surface area contributed by atoms with Crippen molar-refractivity contribution in [3.8, 4) is 0 Å². The maximum atomic E-state index is 12.3. The molecule has 0 spiro atoms. The van der Waals surface area contributed by atoms with Crippen LogP contribution in [0.2, 0.25) is 0 Å². The van der Waals surface area contributed by atoms with E-state index in [0.717, 1.165) is 9.80 Å². The number of carbonyl (C=O) groups is 2. The van der Waals surface area contributed by atoms with Crippen molar-refractivity contribution in [3.05, 3.63) is 40.8 Å². The third-order valence-corrected chi connectivity index (χ3v) is 5.62. The van der Waals surface area contributed by atoms with Crippen molar-refractivity contribution >= 4 is 23.5 Å². The van der Waals surface area contributed by atoms with E-state index in [2.05, 4.69) is 0 Å². The first kappa shape index (κ1) is 15.3. The molecule has 3 unspecified atom stereocenters. The lowest BCUT2D eigenvalue weighted by Crippen LogP contribution is -2.56. The first-order valence-corrected chi connectivity index (χ1v) is 8.07. The summed E-state index contributed by atoms with van der Waals surface area (Å²) >= 11 is 1.41. The smallest absolute Gasteiger partial charge is 0.333 e. The Bertz CT molecular complexity index is 657. The second-order valence-corrected chi connectivity index (χ2v) is 7.60. The van der Waals surface area contributed by atoms with Crippen molar-refractivity contribution < 1.29 is 19.8 Å². The summed E-state index contributed by atoms with van der Waals surface area (Å²) in [4.78, 5) is 25.7. The molecule has 3 rings (SSSR count). The first-order valence-electron chi connectivity index (χ1n) is 7.26. The van der Waals surface area contributed by atoms with Gasteiger partial charge in [-0.25, -0.2) is 4.79 Å². The monoisotopic (exact) mass is 318 g/mol. The molecule has 0 aromatic heterocycles. The minimum atomic E-state index is -1.10. The number of benzene rings is 1. The van der Waals surface area contributed by atoms with E-state index in [4.69, 9.17) is 0 Å². The van der Waals surface area contributed by atoms with Crippen molar-refractivity contribution in [1.29, 1.82) is 0 Å². The molecule has 4 nitrogen and oxygen atoms in total. The minimum absolute atomic E-state index is 0.0928. The van der Waals surface area contributed by atoms with Crippen LogP contribution in [-0.4, -0.2) is 27.6 Å². The van der Waals surface area contributed by atoms with E-state index in [0.29, 0.717) is 6.42 Å². The van der Waals surface area contributed by atoms with Gasteiger partial charge in [-0.1, -0.05) is 30.0 Å². The highest BCUT2D eigenvalue weighted by Crippen LogP contribution is 2.57. The number of hydrogen-bond donors (Lipinski definition) is 2. The molecule has 1 fully saturated rings. The highest BCUT2D eigenvalue weighted by molar-refractivity contribution is 8.03. The van der Waals surface area contributed by atoms with Crippen molar-refractivity contribution in [3.63, 3.8) is 0 Å². The summed E-state index contributed by atoms with van der Waals surface area (Å²) in [6.45, 7) is 3.24. The van der Waals surface area contributed by atoms with Gasteiger partial charge in [-0.2, -0.15) is 0 Å². The summed E-state index contributed by atoms with van der Waals surface area (Å²) in [6, 6.07) is 9.55. The molecule has 22 heavy (non-hydrogen) atoms. The lowest BCUT2D eigenvalue weighted by atomic mass is 9.58. The largest absolute Gasteiger partial charge is 0.478 e. The molecule has 1 aromatic carbocycles. The number of rotatable bonds is 4. The fourth-order valence-electron chi connectivity index (χ4n) is 3.63. The summed E-state index contributed by atoms with van der Waals surface area (Å²) in [6.07, 6.45) is 0.548. The van der Waals surface area contributed by atoms with Crippen LogP contribution in [0.4, 0.5) is 0 Å². The molecule has 0 heterocycles. The maximum absolute atomic E-state index is 12.3. The van der Waals surface area contributed by atoms with Gasteiger partial charge in [0.2, 0.25) is 0 Å². The second-order valence-electron chi connectivity index (χ2n) is 6.44. The highest BCUT2D eigenvalue weighted by atomic mass is 32.2. The van der Waals surface area contributed by atoms with Crippen LogP contribution in [0.25, 0.3) is 0 Å². The molecule has 0 aliphatic heterocycles. The molecule has 2 aliphatic carbocycles. The Balaban J connectivity index is 1.91. The van der Waals surface area contributed by atoms with Crippen molar-refractivity contribution in [2.24, 2.45) is 17.8 Å². The zero-order chi connectivity index (χ0) is 16.1. The topological polar surface area (TPSA) is 74.6 Å². The molecular formula is C17H18O4S. The van der Waals surface area contributed by atoms with E-state index in [1.807, 2.05) is 30.3 Å². The van der Waals surface area contributed by atoms with E-state index in [-0.39, 0.29) is 17.3 Å². The van der Waals surface area contributed by atoms with Crippen LogP contribution >= 0.6 is 11.8 Å². The predicted molar refractivity (Wildman–Crippen MR) is 83.4 cm³/mol. The van der Waals surface area contributed by atoms with Crippen LogP contribution in [0.1, 0.15) is 20.3 Å². The summed E-state index contributed by atoms with van der Waals surface area (Å²) < 4.78 is 0. The SMILES string of the molecule is CC(C)(O)C1C(=O)C2C(C(=O)O)=C(Sc3ccccc3)CC21. The Morgan fingerprint density at radius 3 is 2.45 bits per heavy atom. The van der Waals surface area contributed by atoms with Gasteiger partial charge >= 0.3 is 5.97 Å². The number of allylic oxidation sites excluding steroid dienone is 1. The fraction of sp³-hybridized carbons (Fsp3) is 0.412. The lowest BCUT2D eigenvalue weighted by molar-refractivity contribution is -0.157. The van der Waals surface area contributed by atoms with Crippen LogP contribution in [0.5, 0.6) is 0 Å². The van der Waals surface area contributed by atoms with Gasteiger partial charge in [0.1, 0.15) is 5.78 Å². The summed E-state index contributed by atoms with van der Waals surface area (Å²) in [5.41, 5.74) is -0.876. The van der Waals surface area contributed by atoms with Gasteiger partial charge in [0.15, 0.2) is 0 Å². The number of aliphatic hydroxyl groups is 1. The zero-order valence-electron chi connectivity index (χ0n) is 12.4. The predicted octanol–water partition coefficient (Wildman–Crippen LogP) is 2.72. The molecule has 0 amide bonds. The summed E-state index contributed by atoms with van der Waals surface area (Å²) in [7, 11) is 0. The Hall–Kier alpha value is -1.59. The highest BCUT2D eigenvalue weighted by Gasteiger charge is 2.61. The van der Waals surface area contributed by atoms with Crippen molar-refractivity contribution in [2.45, 2.75) is 30.8 Å². The number of carboxylic acid groups (broad SMARTS) is 1. The lowest BCUT2D eigenvalue weighted by Gasteiger charge is -2.45. The molecule has 2 aliphatic rings.